The third kappa shape index (κ3) is 3.12. The van der Waals surface area contributed by atoms with Gasteiger partial charge < -0.3 is 10.1 Å². The molecule has 1 aromatic carbocycles. The van der Waals surface area contributed by atoms with Gasteiger partial charge in [-0.2, -0.15) is 5.10 Å². The van der Waals surface area contributed by atoms with E-state index in [0.717, 1.165) is 12.1 Å². The van der Waals surface area contributed by atoms with Crippen molar-refractivity contribution in [2.75, 3.05) is 18.5 Å². The highest BCUT2D eigenvalue weighted by molar-refractivity contribution is 6.31. The fourth-order valence-corrected chi connectivity index (χ4v) is 3.36. The number of halogens is 1. The zero-order chi connectivity index (χ0) is 16.3. The molecule has 0 spiro atoms. The molecule has 23 heavy (non-hydrogen) atoms. The second-order valence-corrected chi connectivity index (χ2v) is 6.12. The maximum atomic E-state index is 13.1. The van der Waals surface area contributed by atoms with Gasteiger partial charge in [0.05, 0.1) is 17.3 Å². The average molecular weight is 334 g/mol. The zero-order valence-electron chi connectivity index (χ0n) is 13.1. The Morgan fingerprint density at radius 2 is 2.13 bits per heavy atom. The molecule has 1 N–H and O–H groups in total. The van der Waals surface area contributed by atoms with Crippen LogP contribution in [0.3, 0.4) is 0 Å². The van der Waals surface area contributed by atoms with Crippen LogP contribution in [-0.2, 0) is 21.5 Å². The molecule has 0 atom stereocenters. The van der Waals surface area contributed by atoms with Crippen LogP contribution in [0.4, 0.5) is 5.69 Å². The van der Waals surface area contributed by atoms with Gasteiger partial charge in [-0.15, -0.1) is 0 Å². The van der Waals surface area contributed by atoms with E-state index in [4.69, 9.17) is 16.3 Å². The number of carbonyl (C=O) groups is 1. The molecule has 0 radical (unpaired) electrons. The molecule has 5 nitrogen and oxygen atoms in total. The summed E-state index contributed by atoms with van der Waals surface area (Å²) in [6.07, 6.45) is 4.73. The van der Waals surface area contributed by atoms with Crippen molar-refractivity contribution in [2.24, 2.45) is 0 Å². The van der Waals surface area contributed by atoms with E-state index in [2.05, 4.69) is 10.4 Å². The Hall–Kier alpha value is -1.85. The fraction of sp³-hybridized carbons (Fsp3) is 0.412. The SMILES string of the molecule is CCn1cc(NC(=O)C2(c3ccccc3Cl)CCOCC2)cn1. The summed E-state index contributed by atoms with van der Waals surface area (Å²) >= 11 is 6.38. The van der Waals surface area contributed by atoms with Gasteiger partial charge in [0.15, 0.2) is 0 Å². The molecule has 2 heterocycles. The zero-order valence-corrected chi connectivity index (χ0v) is 13.8. The standard InChI is InChI=1S/C17H20ClN3O2/c1-2-21-12-13(11-19-21)20-16(22)17(7-9-23-10-8-17)14-5-3-4-6-15(14)18/h3-6,11-12H,2,7-10H2,1H3,(H,20,22). The Morgan fingerprint density at radius 3 is 2.78 bits per heavy atom. The van der Waals surface area contributed by atoms with Crippen LogP contribution in [0, 0.1) is 0 Å². The molecule has 1 aliphatic heterocycles. The topological polar surface area (TPSA) is 56.2 Å². The number of nitrogens with one attached hydrogen (secondary N) is 1. The van der Waals surface area contributed by atoms with Crippen LogP contribution >= 0.6 is 11.6 Å². The first kappa shape index (κ1) is 16.0. The number of hydrogen-bond donors (Lipinski definition) is 1. The van der Waals surface area contributed by atoms with Gasteiger partial charge in [-0.3, -0.25) is 9.48 Å². The number of carbonyl (C=O) groups excluding carboxylic acids is 1. The van der Waals surface area contributed by atoms with E-state index in [1.54, 1.807) is 10.9 Å². The normalized spacial score (nSPS) is 17.0. The predicted molar refractivity (Wildman–Crippen MR) is 89.7 cm³/mol. The number of hydrogen-bond acceptors (Lipinski definition) is 3. The van der Waals surface area contributed by atoms with E-state index in [-0.39, 0.29) is 5.91 Å². The summed E-state index contributed by atoms with van der Waals surface area (Å²) in [6, 6.07) is 7.56. The van der Waals surface area contributed by atoms with Crippen molar-refractivity contribution in [2.45, 2.75) is 31.7 Å². The van der Waals surface area contributed by atoms with Crippen molar-refractivity contribution in [1.82, 2.24) is 9.78 Å². The number of anilines is 1. The lowest BCUT2D eigenvalue weighted by molar-refractivity contribution is -0.125. The van der Waals surface area contributed by atoms with Crippen LogP contribution in [0.5, 0.6) is 0 Å². The monoisotopic (exact) mass is 333 g/mol. The predicted octanol–water partition coefficient (Wildman–Crippen LogP) is 3.24. The molecule has 0 saturated carbocycles. The minimum atomic E-state index is -0.662. The molecule has 1 aliphatic rings. The number of aromatic nitrogens is 2. The van der Waals surface area contributed by atoms with E-state index >= 15 is 0 Å². The first-order chi connectivity index (χ1) is 11.2. The van der Waals surface area contributed by atoms with Crippen molar-refractivity contribution in [3.05, 3.63) is 47.2 Å². The van der Waals surface area contributed by atoms with Crippen LogP contribution in [0.15, 0.2) is 36.7 Å². The van der Waals surface area contributed by atoms with Crippen LogP contribution in [0.1, 0.15) is 25.3 Å². The molecular formula is C17H20ClN3O2. The third-order valence-corrected chi connectivity index (χ3v) is 4.72. The van der Waals surface area contributed by atoms with Crippen LogP contribution < -0.4 is 5.32 Å². The summed E-state index contributed by atoms with van der Waals surface area (Å²) in [4.78, 5) is 13.1. The molecule has 1 amide bonds. The highest BCUT2D eigenvalue weighted by atomic mass is 35.5. The number of amides is 1. The highest BCUT2D eigenvalue weighted by Gasteiger charge is 2.43. The van der Waals surface area contributed by atoms with E-state index in [0.29, 0.717) is 36.8 Å². The van der Waals surface area contributed by atoms with Gasteiger partial charge >= 0.3 is 0 Å². The van der Waals surface area contributed by atoms with Gasteiger partial charge in [0, 0.05) is 31.0 Å². The highest BCUT2D eigenvalue weighted by Crippen LogP contribution is 2.39. The molecule has 2 aromatic rings. The number of aryl methyl sites for hydroxylation is 1. The van der Waals surface area contributed by atoms with Crippen LogP contribution in [-0.4, -0.2) is 28.9 Å². The third-order valence-electron chi connectivity index (χ3n) is 4.39. The molecule has 1 saturated heterocycles. The van der Waals surface area contributed by atoms with E-state index in [1.165, 1.54) is 0 Å². The molecule has 6 heteroatoms. The fourth-order valence-electron chi connectivity index (χ4n) is 3.04. The molecule has 3 rings (SSSR count). The molecular weight excluding hydrogens is 314 g/mol. The summed E-state index contributed by atoms with van der Waals surface area (Å²) in [5.74, 6) is -0.0513. The van der Waals surface area contributed by atoms with Gasteiger partial charge in [-0.1, -0.05) is 29.8 Å². The summed E-state index contributed by atoms with van der Waals surface area (Å²) in [7, 11) is 0. The van der Waals surface area contributed by atoms with Crippen molar-refractivity contribution < 1.29 is 9.53 Å². The maximum Gasteiger partial charge on any atom is 0.235 e. The van der Waals surface area contributed by atoms with Crippen LogP contribution in [0.25, 0.3) is 0 Å². The number of rotatable bonds is 4. The van der Waals surface area contributed by atoms with Crippen molar-refractivity contribution >= 4 is 23.2 Å². The lowest BCUT2D eigenvalue weighted by atomic mass is 9.73. The minimum absolute atomic E-state index is 0.0513. The van der Waals surface area contributed by atoms with Crippen molar-refractivity contribution in [3.63, 3.8) is 0 Å². The Balaban J connectivity index is 1.92. The summed E-state index contributed by atoms with van der Waals surface area (Å²) in [5.41, 5.74) is 0.908. The Labute approximate surface area is 140 Å². The van der Waals surface area contributed by atoms with Gasteiger partial charge in [0.25, 0.3) is 0 Å². The van der Waals surface area contributed by atoms with E-state index < -0.39 is 5.41 Å². The van der Waals surface area contributed by atoms with Gasteiger partial charge in [-0.25, -0.2) is 0 Å². The Kier molecular flexibility index (Phi) is 4.68. The number of ether oxygens (including phenoxy) is 1. The smallest absolute Gasteiger partial charge is 0.235 e. The van der Waals surface area contributed by atoms with Crippen molar-refractivity contribution in [3.8, 4) is 0 Å². The molecule has 1 aromatic heterocycles. The summed E-state index contributed by atoms with van der Waals surface area (Å²) in [5, 5.41) is 7.81. The largest absolute Gasteiger partial charge is 0.381 e. The second-order valence-electron chi connectivity index (χ2n) is 5.71. The average Bonchev–Trinajstić information content (AvgIpc) is 3.03. The Bertz CT molecular complexity index is 693. The molecule has 0 bridgehead atoms. The maximum absolute atomic E-state index is 13.1. The van der Waals surface area contributed by atoms with Gasteiger partial charge in [0.1, 0.15) is 0 Å². The van der Waals surface area contributed by atoms with E-state index in [9.17, 15) is 4.79 Å². The molecule has 122 valence electrons. The van der Waals surface area contributed by atoms with Crippen LogP contribution in [0.2, 0.25) is 5.02 Å². The first-order valence-corrected chi connectivity index (χ1v) is 8.20. The summed E-state index contributed by atoms with van der Waals surface area (Å²) < 4.78 is 7.25. The molecule has 1 fully saturated rings. The van der Waals surface area contributed by atoms with Gasteiger partial charge in [-0.05, 0) is 31.4 Å². The first-order valence-electron chi connectivity index (χ1n) is 7.82. The summed E-state index contributed by atoms with van der Waals surface area (Å²) in [6.45, 7) is 3.86. The molecule has 0 unspecified atom stereocenters. The van der Waals surface area contributed by atoms with Gasteiger partial charge in [0.2, 0.25) is 5.91 Å². The minimum Gasteiger partial charge on any atom is -0.381 e. The quantitative estimate of drug-likeness (QED) is 0.934. The van der Waals surface area contributed by atoms with Crippen molar-refractivity contribution in [1.29, 1.82) is 0 Å². The second kappa shape index (κ2) is 6.72. The number of benzene rings is 1. The molecule has 0 aliphatic carbocycles. The lowest BCUT2D eigenvalue weighted by Crippen LogP contribution is -2.45. The Morgan fingerprint density at radius 1 is 1.39 bits per heavy atom. The lowest BCUT2D eigenvalue weighted by Gasteiger charge is -2.36. The number of nitrogens with zero attached hydrogens (tertiary/aromatic N) is 2. The van der Waals surface area contributed by atoms with E-state index in [1.807, 2.05) is 37.4 Å².